The number of nitrogen functional groups attached to an aromatic ring is 1. The van der Waals surface area contributed by atoms with E-state index < -0.39 is 0 Å². The molecule has 0 atom stereocenters. The van der Waals surface area contributed by atoms with Crippen LogP contribution in [0.2, 0.25) is 0 Å². The van der Waals surface area contributed by atoms with Crippen LogP contribution in [0.5, 0.6) is 0 Å². The molecule has 0 aliphatic carbocycles. The van der Waals surface area contributed by atoms with E-state index in [2.05, 4.69) is 43.0 Å². The van der Waals surface area contributed by atoms with Crippen LogP contribution in [-0.4, -0.2) is 31.1 Å². The van der Waals surface area contributed by atoms with E-state index in [1.54, 1.807) is 0 Å². The van der Waals surface area contributed by atoms with Gasteiger partial charge in [0.05, 0.1) is 7.11 Å². The van der Waals surface area contributed by atoms with Crippen LogP contribution in [0.15, 0.2) is 24.3 Å². The zero-order chi connectivity index (χ0) is 18.7. The lowest BCUT2D eigenvalue weighted by Crippen LogP contribution is -2.32. The fourth-order valence-corrected chi connectivity index (χ4v) is 4.67. The number of carbonyl (C=O) groups is 1. The third kappa shape index (κ3) is 3.94. The zero-order valence-electron chi connectivity index (χ0n) is 15.9. The molecule has 1 saturated heterocycles. The van der Waals surface area contributed by atoms with Crippen LogP contribution in [0.1, 0.15) is 47.5 Å². The molecule has 2 N–H and O–H groups in total. The summed E-state index contributed by atoms with van der Waals surface area (Å²) in [4.78, 5) is 16.0. The average molecular weight is 373 g/mol. The molecule has 26 heavy (non-hydrogen) atoms. The average Bonchev–Trinajstić information content (AvgIpc) is 2.98. The summed E-state index contributed by atoms with van der Waals surface area (Å²) in [7, 11) is 1.41. The molecule has 0 bridgehead atoms. The van der Waals surface area contributed by atoms with Gasteiger partial charge in [0, 0.05) is 17.0 Å². The van der Waals surface area contributed by atoms with Crippen LogP contribution < -0.4 is 5.73 Å². The van der Waals surface area contributed by atoms with Gasteiger partial charge in [0.2, 0.25) is 0 Å². The minimum Gasteiger partial charge on any atom is -0.465 e. The topological polar surface area (TPSA) is 55.6 Å². The van der Waals surface area contributed by atoms with Crippen molar-refractivity contribution in [1.29, 1.82) is 0 Å². The third-order valence-electron chi connectivity index (χ3n) is 5.29. The molecule has 1 aliphatic heterocycles. The van der Waals surface area contributed by atoms with Gasteiger partial charge in [-0.05, 0) is 49.4 Å². The molecule has 5 heteroatoms. The SMILES string of the molecule is CCc1ccc(-c2c(CN3CCC(C)CC3)sc(N)c2C(=O)OC)cc1. The predicted octanol–water partition coefficient (Wildman–Crippen LogP) is 4.58. The lowest BCUT2D eigenvalue weighted by molar-refractivity contribution is 0.0603. The highest BCUT2D eigenvalue weighted by Crippen LogP contribution is 2.40. The summed E-state index contributed by atoms with van der Waals surface area (Å²) >= 11 is 1.52. The first-order valence-corrected chi connectivity index (χ1v) is 10.2. The number of esters is 1. The van der Waals surface area contributed by atoms with Gasteiger partial charge in [-0.1, -0.05) is 38.1 Å². The number of nitrogens with zero attached hydrogens (tertiary/aromatic N) is 1. The van der Waals surface area contributed by atoms with Crippen LogP contribution in [-0.2, 0) is 17.7 Å². The number of nitrogens with two attached hydrogens (primary N) is 1. The summed E-state index contributed by atoms with van der Waals surface area (Å²) in [6, 6.07) is 8.43. The molecule has 0 spiro atoms. The molecule has 4 nitrogen and oxygen atoms in total. The number of anilines is 1. The van der Waals surface area contributed by atoms with E-state index in [-0.39, 0.29) is 5.97 Å². The second kappa shape index (κ2) is 8.23. The molecule has 1 fully saturated rings. The Hall–Kier alpha value is -1.85. The van der Waals surface area contributed by atoms with E-state index in [4.69, 9.17) is 10.5 Å². The van der Waals surface area contributed by atoms with Gasteiger partial charge < -0.3 is 10.5 Å². The number of rotatable bonds is 5. The van der Waals surface area contributed by atoms with Crippen molar-refractivity contribution in [3.8, 4) is 11.1 Å². The highest BCUT2D eigenvalue weighted by molar-refractivity contribution is 7.17. The van der Waals surface area contributed by atoms with Crippen LogP contribution in [0.3, 0.4) is 0 Å². The first kappa shape index (κ1) is 18.9. The number of carbonyl (C=O) groups excluding carboxylic acids is 1. The van der Waals surface area contributed by atoms with Crippen LogP contribution in [0.25, 0.3) is 11.1 Å². The third-order valence-corrected chi connectivity index (χ3v) is 6.30. The molecule has 0 unspecified atom stereocenters. The summed E-state index contributed by atoms with van der Waals surface area (Å²) in [6.07, 6.45) is 3.45. The summed E-state index contributed by atoms with van der Waals surface area (Å²) in [5.74, 6) is 0.443. The van der Waals surface area contributed by atoms with Gasteiger partial charge in [-0.15, -0.1) is 11.3 Å². The largest absolute Gasteiger partial charge is 0.465 e. The van der Waals surface area contributed by atoms with Crippen molar-refractivity contribution in [2.24, 2.45) is 5.92 Å². The molecule has 1 aromatic carbocycles. The monoisotopic (exact) mass is 372 g/mol. The Kier molecular flexibility index (Phi) is 5.99. The number of likely N-dealkylation sites (tertiary alicyclic amines) is 1. The molecular weight excluding hydrogens is 344 g/mol. The standard InChI is InChI=1S/C21H28N2O2S/c1-4-15-5-7-16(8-6-15)18-17(13-23-11-9-14(2)10-12-23)26-20(22)19(18)21(24)25-3/h5-8,14H,4,9-13,22H2,1-3H3. The first-order chi connectivity index (χ1) is 12.5. The first-order valence-electron chi connectivity index (χ1n) is 9.34. The minimum atomic E-state index is -0.355. The molecular formula is C21H28N2O2S. The van der Waals surface area contributed by atoms with E-state index in [1.807, 2.05) is 0 Å². The van der Waals surface area contributed by atoms with Gasteiger partial charge in [0.1, 0.15) is 10.6 Å². The van der Waals surface area contributed by atoms with Crippen molar-refractivity contribution in [2.75, 3.05) is 25.9 Å². The van der Waals surface area contributed by atoms with E-state index in [9.17, 15) is 4.79 Å². The van der Waals surface area contributed by atoms with Gasteiger partial charge in [0.25, 0.3) is 0 Å². The predicted molar refractivity (Wildman–Crippen MR) is 109 cm³/mol. The summed E-state index contributed by atoms with van der Waals surface area (Å²) in [6.45, 7) is 7.49. The van der Waals surface area contributed by atoms with Gasteiger partial charge >= 0.3 is 5.97 Å². The second-order valence-electron chi connectivity index (χ2n) is 7.14. The smallest absolute Gasteiger partial charge is 0.341 e. The number of methoxy groups -OCH3 is 1. The number of aryl methyl sites for hydroxylation is 1. The Labute approximate surface area is 160 Å². The van der Waals surface area contributed by atoms with E-state index in [1.165, 1.54) is 36.9 Å². The van der Waals surface area contributed by atoms with Gasteiger partial charge in [0.15, 0.2) is 0 Å². The molecule has 3 rings (SSSR count). The maximum absolute atomic E-state index is 12.4. The Morgan fingerprint density at radius 1 is 1.27 bits per heavy atom. The number of hydrogen-bond donors (Lipinski definition) is 1. The Balaban J connectivity index is 1.99. The quantitative estimate of drug-likeness (QED) is 0.781. The number of hydrogen-bond acceptors (Lipinski definition) is 5. The van der Waals surface area contributed by atoms with E-state index in [0.717, 1.165) is 48.0 Å². The van der Waals surface area contributed by atoms with Crippen molar-refractivity contribution in [3.05, 3.63) is 40.3 Å². The molecule has 2 aromatic rings. The summed E-state index contributed by atoms with van der Waals surface area (Å²) in [5.41, 5.74) is 10.0. The molecule has 1 aromatic heterocycles. The number of thiophene rings is 1. The minimum absolute atomic E-state index is 0.355. The summed E-state index contributed by atoms with van der Waals surface area (Å²) in [5, 5.41) is 0.548. The van der Waals surface area contributed by atoms with Crippen molar-refractivity contribution in [2.45, 2.75) is 39.7 Å². The van der Waals surface area contributed by atoms with Gasteiger partial charge in [-0.3, -0.25) is 4.90 Å². The summed E-state index contributed by atoms with van der Waals surface area (Å²) < 4.78 is 5.02. The maximum Gasteiger partial charge on any atom is 0.341 e. The highest BCUT2D eigenvalue weighted by Gasteiger charge is 2.26. The normalized spacial score (nSPS) is 16.0. The maximum atomic E-state index is 12.4. The lowest BCUT2D eigenvalue weighted by Gasteiger charge is -2.30. The molecule has 0 saturated carbocycles. The molecule has 0 radical (unpaired) electrons. The van der Waals surface area contributed by atoms with Crippen LogP contribution in [0.4, 0.5) is 5.00 Å². The fraction of sp³-hybridized carbons (Fsp3) is 0.476. The Bertz CT molecular complexity index is 759. The number of benzene rings is 1. The van der Waals surface area contributed by atoms with Crippen molar-refractivity contribution in [1.82, 2.24) is 4.90 Å². The highest BCUT2D eigenvalue weighted by atomic mass is 32.1. The van der Waals surface area contributed by atoms with Crippen LogP contribution >= 0.6 is 11.3 Å². The van der Waals surface area contributed by atoms with Crippen molar-refractivity contribution >= 4 is 22.3 Å². The fourth-order valence-electron chi connectivity index (χ4n) is 3.55. The Morgan fingerprint density at radius 3 is 2.50 bits per heavy atom. The van der Waals surface area contributed by atoms with Gasteiger partial charge in [-0.25, -0.2) is 4.79 Å². The zero-order valence-corrected chi connectivity index (χ0v) is 16.7. The van der Waals surface area contributed by atoms with Crippen molar-refractivity contribution in [3.63, 3.8) is 0 Å². The lowest BCUT2D eigenvalue weighted by atomic mass is 9.97. The van der Waals surface area contributed by atoms with Gasteiger partial charge in [-0.2, -0.15) is 0 Å². The Morgan fingerprint density at radius 2 is 1.92 bits per heavy atom. The molecule has 1 aliphatic rings. The number of ether oxygens (including phenoxy) is 1. The van der Waals surface area contributed by atoms with Crippen molar-refractivity contribution < 1.29 is 9.53 Å². The van der Waals surface area contributed by atoms with E-state index in [0.29, 0.717) is 10.6 Å². The number of piperidine rings is 1. The molecule has 2 heterocycles. The van der Waals surface area contributed by atoms with E-state index >= 15 is 0 Å². The molecule has 140 valence electrons. The van der Waals surface area contributed by atoms with Crippen LogP contribution in [0, 0.1) is 5.92 Å². The molecule has 0 amide bonds. The second-order valence-corrected chi connectivity index (χ2v) is 8.28.